The van der Waals surface area contributed by atoms with Crippen LogP contribution in [0.4, 0.5) is 0 Å². The molecule has 0 radical (unpaired) electrons. The molecule has 2 aromatic rings. The molecule has 2 unspecified atom stereocenters. The van der Waals surface area contributed by atoms with Crippen molar-refractivity contribution in [2.75, 3.05) is 0 Å². The summed E-state index contributed by atoms with van der Waals surface area (Å²) >= 11 is 2.37. The number of esters is 2. The topological polar surface area (TPSA) is 127 Å². The van der Waals surface area contributed by atoms with Crippen LogP contribution in [0.3, 0.4) is 0 Å². The van der Waals surface area contributed by atoms with E-state index in [4.69, 9.17) is 9.47 Å². The minimum Gasteiger partial charge on any atom is -0.480 e. The van der Waals surface area contributed by atoms with Crippen molar-refractivity contribution < 1.29 is 38.9 Å². The zero-order valence-electron chi connectivity index (χ0n) is 11.8. The lowest BCUT2D eigenvalue weighted by Crippen LogP contribution is -2.44. The van der Waals surface area contributed by atoms with Gasteiger partial charge in [0.2, 0.25) is 12.0 Å². The lowest BCUT2D eigenvalue weighted by molar-refractivity contribution is -0.168. The van der Waals surface area contributed by atoms with E-state index in [0.29, 0.717) is 0 Å². The Morgan fingerprint density at radius 1 is 0.958 bits per heavy atom. The molecule has 2 atom stereocenters. The van der Waals surface area contributed by atoms with Crippen LogP contribution in [-0.4, -0.2) is 40.2 Å². The molecule has 0 spiro atoms. The van der Waals surface area contributed by atoms with E-state index in [1.54, 1.807) is 10.8 Å². The van der Waals surface area contributed by atoms with Crippen LogP contribution in [0.2, 0.25) is 0 Å². The largest absolute Gasteiger partial charge is 0.480 e. The van der Waals surface area contributed by atoms with Crippen molar-refractivity contribution in [2.45, 2.75) is 6.10 Å². The number of hydrogen-bond donors (Lipinski definition) is 2. The van der Waals surface area contributed by atoms with E-state index < -0.39 is 35.9 Å². The van der Waals surface area contributed by atoms with Crippen molar-refractivity contribution in [2.24, 2.45) is 5.92 Å². The van der Waals surface area contributed by atoms with Crippen LogP contribution in [0.25, 0.3) is 0 Å². The molecule has 2 heterocycles. The second-order valence-electron chi connectivity index (χ2n) is 4.37. The molecular weight excluding hydrogens is 360 g/mol. The molecule has 8 nitrogen and oxygen atoms in total. The minimum absolute atomic E-state index is 0.0570. The number of carboxylic acids is 2. The van der Waals surface area contributed by atoms with Crippen molar-refractivity contribution in [3.05, 3.63) is 39.2 Å². The number of ether oxygens (including phenoxy) is 2. The first-order valence-electron chi connectivity index (χ1n) is 6.33. The monoisotopic (exact) mass is 370 g/mol. The van der Waals surface area contributed by atoms with Crippen LogP contribution in [-0.2, 0) is 19.1 Å². The number of rotatable bonds is 7. The number of carbonyl (C=O) groups is 4. The average molecular weight is 370 g/mol. The van der Waals surface area contributed by atoms with Gasteiger partial charge in [0.1, 0.15) is 5.75 Å². The molecule has 0 saturated heterocycles. The fourth-order valence-corrected chi connectivity index (χ4v) is 2.85. The predicted octanol–water partition coefficient (Wildman–Crippen LogP) is 1.73. The zero-order chi connectivity index (χ0) is 17.7. The lowest BCUT2D eigenvalue weighted by Gasteiger charge is -2.19. The van der Waals surface area contributed by atoms with Crippen LogP contribution < -0.4 is 4.74 Å². The summed E-state index contributed by atoms with van der Waals surface area (Å²) in [6.07, 6.45) is -2.22. The molecule has 2 N–H and O–H groups in total. The molecule has 0 fully saturated rings. The number of hydrogen-bond acceptors (Lipinski definition) is 8. The zero-order valence-corrected chi connectivity index (χ0v) is 13.4. The summed E-state index contributed by atoms with van der Waals surface area (Å²) in [5.74, 6) is -8.06. The van der Waals surface area contributed by atoms with Gasteiger partial charge in [0.05, 0.1) is 5.56 Å². The van der Waals surface area contributed by atoms with Gasteiger partial charge in [0, 0.05) is 10.8 Å². The van der Waals surface area contributed by atoms with Crippen molar-refractivity contribution in [1.82, 2.24) is 0 Å². The Hall–Kier alpha value is -2.72. The van der Waals surface area contributed by atoms with Crippen molar-refractivity contribution in [1.29, 1.82) is 0 Å². The first-order valence-corrected chi connectivity index (χ1v) is 8.21. The summed E-state index contributed by atoms with van der Waals surface area (Å²) in [5, 5.41) is 24.3. The van der Waals surface area contributed by atoms with Crippen molar-refractivity contribution in [3.63, 3.8) is 0 Å². The highest BCUT2D eigenvalue weighted by Gasteiger charge is 2.44. The third-order valence-electron chi connectivity index (χ3n) is 2.77. The lowest BCUT2D eigenvalue weighted by atomic mass is 10.0. The summed E-state index contributed by atoms with van der Waals surface area (Å²) in [6.45, 7) is 0. The van der Waals surface area contributed by atoms with E-state index in [0.717, 1.165) is 0 Å². The van der Waals surface area contributed by atoms with Gasteiger partial charge in [-0.15, -0.1) is 11.3 Å². The summed E-state index contributed by atoms with van der Waals surface area (Å²) in [7, 11) is 0. The number of aliphatic carboxylic acids is 2. The summed E-state index contributed by atoms with van der Waals surface area (Å²) in [4.78, 5) is 46.5. The molecule has 0 bridgehead atoms. The highest BCUT2D eigenvalue weighted by molar-refractivity contribution is 7.08. The summed E-state index contributed by atoms with van der Waals surface area (Å²) < 4.78 is 9.53. The van der Waals surface area contributed by atoms with E-state index >= 15 is 0 Å². The van der Waals surface area contributed by atoms with Gasteiger partial charge in [-0.3, -0.25) is 9.59 Å². The third-order valence-corrected chi connectivity index (χ3v) is 4.12. The average Bonchev–Trinajstić information content (AvgIpc) is 3.18. The molecule has 0 aliphatic carbocycles. The van der Waals surface area contributed by atoms with Gasteiger partial charge in [-0.25, -0.2) is 9.59 Å². The molecule has 2 rings (SSSR count). The minimum atomic E-state index is -2.22. The van der Waals surface area contributed by atoms with Gasteiger partial charge in [-0.2, -0.15) is 11.3 Å². The molecule has 0 aliphatic heterocycles. The number of carboxylic acid groups (broad SMARTS) is 2. The highest BCUT2D eigenvalue weighted by Crippen LogP contribution is 2.20. The van der Waals surface area contributed by atoms with Crippen LogP contribution in [0.1, 0.15) is 10.4 Å². The molecule has 126 valence electrons. The van der Waals surface area contributed by atoms with Crippen LogP contribution >= 0.6 is 22.7 Å². The van der Waals surface area contributed by atoms with Gasteiger partial charge in [0.25, 0.3) is 0 Å². The third kappa shape index (κ3) is 4.18. The molecule has 24 heavy (non-hydrogen) atoms. The second kappa shape index (κ2) is 7.70. The highest BCUT2D eigenvalue weighted by atomic mass is 32.1. The van der Waals surface area contributed by atoms with E-state index in [1.165, 1.54) is 45.6 Å². The Morgan fingerprint density at radius 3 is 2.12 bits per heavy atom. The molecule has 0 aromatic carbocycles. The molecular formula is C14H10O8S2. The maximum atomic E-state index is 12.0. The fourth-order valence-electron chi connectivity index (χ4n) is 1.67. The number of carbonyl (C=O) groups excluding carboxylic acids is 2. The van der Waals surface area contributed by atoms with Crippen LogP contribution in [0, 0.1) is 5.92 Å². The van der Waals surface area contributed by atoms with E-state index in [-0.39, 0.29) is 11.3 Å². The van der Waals surface area contributed by atoms with Crippen molar-refractivity contribution >= 4 is 46.6 Å². The van der Waals surface area contributed by atoms with Gasteiger partial charge >= 0.3 is 23.9 Å². The van der Waals surface area contributed by atoms with Gasteiger partial charge in [0.15, 0.2) is 0 Å². The Morgan fingerprint density at radius 2 is 1.62 bits per heavy atom. The Kier molecular flexibility index (Phi) is 5.66. The molecule has 2 aromatic heterocycles. The molecule has 0 aliphatic rings. The number of thiophene rings is 2. The maximum Gasteiger partial charge on any atom is 0.346 e. The second-order valence-corrected chi connectivity index (χ2v) is 5.93. The van der Waals surface area contributed by atoms with E-state index in [1.807, 2.05) is 0 Å². The maximum absolute atomic E-state index is 12.0. The Bertz CT molecular complexity index is 735. The van der Waals surface area contributed by atoms with E-state index in [9.17, 15) is 29.4 Å². The van der Waals surface area contributed by atoms with Crippen LogP contribution in [0.15, 0.2) is 33.7 Å². The summed E-state index contributed by atoms with van der Waals surface area (Å²) in [6, 6.07) is 2.79. The standard InChI is InChI=1S/C14H10O8S2/c15-11(16)9(14(20)21-8-2-4-24-6-8)10(12(17)18)22-13(19)7-1-3-23-5-7/h1-6,9-10H,(H,15,16)(H,17,18). The fraction of sp³-hybridized carbons (Fsp3) is 0.143. The van der Waals surface area contributed by atoms with Gasteiger partial charge in [-0.05, 0) is 22.9 Å². The Labute approximate surface area is 142 Å². The van der Waals surface area contributed by atoms with Crippen molar-refractivity contribution in [3.8, 4) is 5.75 Å². The van der Waals surface area contributed by atoms with Gasteiger partial charge in [-0.1, -0.05) is 0 Å². The first kappa shape index (κ1) is 17.6. The molecule has 0 amide bonds. The predicted molar refractivity (Wildman–Crippen MR) is 82.2 cm³/mol. The summed E-state index contributed by atoms with van der Waals surface area (Å²) in [5.41, 5.74) is 0.0570. The molecule has 10 heteroatoms. The molecule has 0 saturated carbocycles. The first-order chi connectivity index (χ1) is 11.4. The quantitative estimate of drug-likeness (QED) is 0.557. The normalized spacial score (nSPS) is 12.8. The van der Waals surface area contributed by atoms with Crippen LogP contribution in [0.5, 0.6) is 5.75 Å². The Balaban J connectivity index is 2.20. The smallest absolute Gasteiger partial charge is 0.346 e. The van der Waals surface area contributed by atoms with Gasteiger partial charge < -0.3 is 19.7 Å². The van der Waals surface area contributed by atoms with E-state index in [2.05, 4.69) is 0 Å². The SMILES string of the molecule is O=C(OC(C(=O)O)C(C(=O)O)C(=O)Oc1ccsc1)c1ccsc1.